The maximum atomic E-state index is 6.08. The van der Waals surface area contributed by atoms with Crippen LogP contribution < -0.4 is 5.32 Å². The number of hydrogen-bond donors (Lipinski definition) is 1. The fourth-order valence-corrected chi connectivity index (χ4v) is 4.60. The molecule has 1 N–H and O–H groups in total. The molecule has 0 saturated heterocycles. The number of halogens is 1. The SMILES string of the molecule is Clc1cc2c(s1)CCC2NCC1CCCCC1. The normalized spacial score (nSPS) is 25.1. The van der Waals surface area contributed by atoms with E-state index in [1.54, 1.807) is 11.3 Å². The first kappa shape index (κ1) is 12.0. The van der Waals surface area contributed by atoms with E-state index >= 15 is 0 Å². The van der Waals surface area contributed by atoms with Gasteiger partial charge in [0.15, 0.2) is 0 Å². The Morgan fingerprint density at radius 1 is 1.24 bits per heavy atom. The van der Waals surface area contributed by atoms with Crippen LogP contribution in [-0.2, 0) is 6.42 Å². The summed E-state index contributed by atoms with van der Waals surface area (Å²) in [5.74, 6) is 0.918. The Balaban J connectivity index is 1.56. The topological polar surface area (TPSA) is 12.0 Å². The van der Waals surface area contributed by atoms with Crippen LogP contribution in [0.5, 0.6) is 0 Å². The summed E-state index contributed by atoms with van der Waals surface area (Å²) in [5.41, 5.74) is 1.48. The van der Waals surface area contributed by atoms with Crippen LogP contribution in [0.3, 0.4) is 0 Å². The minimum Gasteiger partial charge on any atom is -0.310 e. The standard InChI is InChI=1S/C14H20ClNS/c15-14-8-11-12(6-7-13(11)17-14)16-9-10-4-2-1-3-5-10/h8,10,12,16H,1-7,9H2. The Morgan fingerprint density at radius 3 is 2.88 bits per heavy atom. The largest absolute Gasteiger partial charge is 0.310 e. The van der Waals surface area contributed by atoms with Crippen LogP contribution in [0.1, 0.15) is 55.0 Å². The molecule has 2 aliphatic carbocycles. The fourth-order valence-electron chi connectivity index (χ4n) is 3.24. The fraction of sp³-hybridized carbons (Fsp3) is 0.714. The number of nitrogens with one attached hydrogen (secondary N) is 1. The van der Waals surface area contributed by atoms with Crippen molar-refractivity contribution >= 4 is 22.9 Å². The van der Waals surface area contributed by atoms with Crippen LogP contribution in [0.25, 0.3) is 0 Å². The van der Waals surface area contributed by atoms with Crippen LogP contribution in [-0.4, -0.2) is 6.54 Å². The lowest BCUT2D eigenvalue weighted by Gasteiger charge is -2.24. The highest BCUT2D eigenvalue weighted by Gasteiger charge is 2.25. The average molecular weight is 270 g/mol. The van der Waals surface area contributed by atoms with E-state index in [-0.39, 0.29) is 0 Å². The van der Waals surface area contributed by atoms with Gasteiger partial charge in [0.2, 0.25) is 0 Å². The summed E-state index contributed by atoms with van der Waals surface area (Å²) in [6, 6.07) is 2.75. The first-order chi connectivity index (χ1) is 8.33. The van der Waals surface area contributed by atoms with E-state index in [1.807, 2.05) is 0 Å². The average Bonchev–Trinajstić information content (AvgIpc) is 2.87. The summed E-state index contributed by atoms with van der Waals surface area (Å²) in [6.45, 7) is 1.21. The zero-order valence-electron chi connectivity index (χ0n) is 10.2. The maximum absolute atomic E-state index is 6.08. The third-order valence-electron chi connectivity index (χ3n) is 4.22. The summed E-state index contributed by atoms with van der Waals surface area (Å²) in [5, 5.41) is 3.77. The molecule has 1 unspecified atom stereocenters. The second-order valence-electron chi connectivity index (χ2n) is 5.43. The molecule has 1 aromatic heterocycles. The summed E-state index contributed by atoms with van der Waals surface area (Å²) < 4.78 is 0.958. The molecule has 1 atom stereocenters. The van der Waals surface area contributed by atoms with Gasteiger partial charge in [-0.3, -0.25) is 0 Å². The quantitative estimate of drug-likeness (QED) is 0.848. The predicted molar refractivity (Wildman–Crippen MR) is 75.0 cm³/mol. The van der Waals surface area contributed by atoms with Gasteiger partial charge in [0.25, 0.3) is 0 Å². The zero-order valence-corrected chi connectivity index (χ0v) is 11.7. The second kappa shape index (κ2) is 5.29. The molecule has 0 spiro atoms. The van der Waals surface area contributed by atoms with E-state index in [1.165, 1.54) is 61.9 Å². The Kier molecular flexibility index (Phi) is 3.74. The smallest absolute Gasteiger partial charge is 0.0934 e. The van der Waals surface area contributed by atoms with Gasteiger partial charge < -0.3 is 5.32 Å². The molecule has 2 aliphatic rings. The molecule has 17 heavy (non-hydrogen) atoms. The van der Waals surface area contributed by atoms with Crippen LogP contribution in [0.4, 0.5) is 0 Å². The van der Waals surface area contributed by atoms with Crippen molar-refractivity contribution in [3.8, 4) is 0 Å². The molecule has 0 bridgehead atoms. The number of aryl methyl sites for hydroxylation is 1. The lowest BCUT2D eigenvalue weighted by atomic mass is 9.89. The molecule has 94 valence electrons. The van der Waals surface area contributed by atoms with Crippen molar-refractivity contribution in [2.24, 2.45) is 5.92 Å². The van der Waals surface area contributed by atoms with Crippen molar-refractivity contribution in [3.63, 3.8) is 0 Å². The summed E-state index contributed by atoms with van der Waals surface area (Å²) in [7, 11) is 0. The summed E-state index contributed by atoms with van der Waals surface area (Å²) in [4.78, 5) is 1.51. The van der Waals surface area contributed by atoms with Gasteiger partial charge in [-0.15, -0.1) is 11.3 Å². The van der Waals surface area contributed by atoms with E-state index in [0.29, 0.717) is 6.04 Å². The van der Waals surface area contributed by atoms with Crippen LogP contribution in [0.15, 0.2) is 6.07 Å². The van der Waals surface area contributed by atoms with Gasteiger partial charge in [-0.05, 0) is 49.8 Å². The van der Waals surface area contributed by atoms with Gasteiger partial charge in [-0.1, -0.05) is 30.9 Å². The minimum absolute atomic E-state index is 0.579. The predicted octanol–water partition coefficient (Wildman–Crippen LogP) is 4.56. The van der Waals surface area contributed by atoms with Crippen LogP contribution >= 0.6 is 22.9 Å². The Hall–Kier alpha value is -0.0500. The molecule has 1 aromatic rings. The van der Waals surface area contributed by atoms with Crippen molar-refractivity contribution in [1.29, 1.82) is 0 Å². The Morgan fingerprint density at radius 2 is 2.06 bits per heavy atom. The van der Waals surface area contributed by atoms with Gasteiger partial charge in [0.05, 0.1) is 4.34 Å². The molecule has 1 nitrogen and oxygen atoms in total. The second-order valence-corrected chi connectivity index (χ2v) is 7.20. The van der Waals surface area contributed by atoms with Crippen molar-refractivity contribution in [1.82, 2.24) is 5.32 Å². The highest BCUT2D eigenvalue weighted by Crippen LogP contribution is 2.39. The van der Waals surface area contributed by atoms with E-state index in [4.69, 9.17) is 11.6 Å². The minimum atomic E-state index is 0.579. The Labute approximate surface area is 113 Å². The van der Waals surface area contributed by atoms with Crippen molar-refractivity contribution in [2.45, 2.75) is 51.0 Å². The molecule has 3 heteroatoms. The van der Waals surface area contributed by atoms with Crippen molar-refractivity contribution in [2.75, 3.05) is 6.54 Å². The number of rotatable bonds is 3. The molecular weight excluding hydrogens is 250 g/mol. The first-order valence-electron chi connectivity index (χ1n) is 6.84. The lowest BCUT2D eigenvalue weighted by Crippen LogP contribution is -2.27. The molecule has 1 saturated carbocycles. The number of hydrogen-bond acceptors (Lipinski definition) is 2. The molecule has 0 aliphatic heterocycles. The van der Waals surface area contributed by atoms with Crippen molar-refractivity contribution in [3.05, 3.63) is 20.8 Å². The number of thiophene rings is 1. The molecule has 0 radical (unpaired) electrons. The van der Waals surface area contributed by atoms with Gasteiger partial charge in [0, 0.05) is 10.9 Å². The van der Waals surface area contributed by atoms with Gasteiger partial charge in [-0.25, -0.2) is 0 Å². The third kappa shape index (κ3) is 2.69. The summed E-state index contributed by atoms with van der Waals surface area (Å²) in [6.07, 6.45) is 9.66. The van der Waals surface area contributed by atoms with Crippen molar-refractivity contribution < 1.29 is 0 Å². The van der Waals surface area contributed by atoms with Gasteiger partial charge in [-0.2, -0.15) is 0 Å². The molecule has 1 heterocycles. The molecule has 0 amide bonds. The van der Waals surface area contributed by atoms with E-state index in [9.17, 15) is 0 Å². The monoisotopic (exact) mass is 269 g/mol. The van der Waals surface area contributed by atoms with E-state index in [0.717, 1.165) is 10.3 Å². The summed E-state index contributed by atoms with van der Waals surface area (Å²) >= 11 is 7.85. The highest BCUT2D eigenvalue weighted by atomic mass is 35.5. The van der Waals surface area contributed by atoms with Gasteiger partial charge >= 0.3 is 0 Å². The molecular formula is C14H20ClNS. The molecule has 0 aromatic carbocycles. The van der Waals surface area contributed by atoms with Crippen LogP contribution in [0.2, 0.25) is 4.34 Å². The van der Waals surface area contributed by atoms with E-state index in [2.05, 4.69) is 11.4 Å². The van der Waals surface area contributed by atoms with Crippen LogP contribution in [0, 0.1) is 5.92 Å². The lowest BCUT2D eigenvalue weighted by molar-refractivity contribution is 0.327. The Bertz CT molecular complexity index is 382. The van der Waals surface area contributed by atoms with E-state index < -0.39 is 0 Å². The zero-order chi connectivity index (χ0) is 11.7. The molecule has 1 fully saturated rings. The van der Waals surface area contributed by atoms with Gasteiger partial charge in [0.1, 0.15) is 0 Å². The highest BCUT2D eigenvalue weighted by molar-refractivity contribution is 7.16. The third-order valence-corrected chi connectivity index (χ3v) is 5.56. The molecule has 3 rings (SSSR count). The first-order valence-corrected chi connectivity index (χ1v) is 8.04. The maximum Gasteiger partial charge on any atom is 0.0934 e. The number of fused-ring (bicyclic) bond motifs is 1.